The molecule has 0 amide bonds. The van der Waals surface area contributed by atoms with Crippen molar-refractivity contribution >= 4 is 53.4 Å². The Labute approximate surface area is 551 Å². The van der Waals surface area contributed by atoms with Crippen molar-refractivity contribution in [2.24, 2.45) is 0 Å². The van der Waals surface area contributed by atoms with Crippen LogP contribution in [-0.4, -0.2) is 64.2 Å². The molecule has 0 saturated heterocycles. The van der Waals surface area contributed by atoms with E-state index in [1.807, 2.05) is 0 Å². The Morgan fingerprint density at radius 3 is 0.361 bits per heavy atom. The van der Waals surface area contributed by atoms with Gasteiger partial charge in [-0.1, -0.05) is 413 Å². The van der Waals surface area contributed by atoms with Gasteiger partial charge in [-0.15, -0.1) is 0 Å². The number of hydrogen-bond acceptors (Lipinski definition) is 8. The van der Waals surface area contributed by atoms with E-state index >= 15 is 0 Å². The molecule has 0 radical (unpaired) electrons. The predicted octanol–water partition coefficient (Wildman–Crippen LogP) is 25.6. The van der Waals surface area contributed by atoms with Crippen molar-refractivity contribution in [3.63, 3.8) is 0 Å². The van der Waals surface area contributed by atoms with E-state index in [2.05, 4.69) is 27.7 Å². The fourth-order valence-electron chi connectivity index (χ4n) is 11.4. The topological polar surface area (TPSA) is 117 Å². The average Bonchev–Trinajstić information content (AvgIpc) is 3.46. The Bertz CT molecular complexity index is 1070. The van der Waals surface area contributed by atoms with Crippen molar-refractivity contribution in [2.75, 3.05) is 26.4 Å². The smallest absolute Gasteiger partial charge is 0.756 e. The molecule has 0 N–H and O–H groups in total. The van der Waals surface area contributed by atoms with Gasteiger partial charge in [0.25, 0.3) is 15.6 Å². The minimum absolute atomic E-state index is 0. The van der Waals surface area contributed by atoms with Crippen LogP contribution in [0.1, 0.15) is 439 Å². The standard InChI is InChI=1S/2C36H75O4P.Ca/c2*1-3-5-7-9-11-13-15-17-19-21-23-25-27-29-31-33-35-39-41(37,38)40-36-34-32-30-28-26-24-22-20-18-16-14-12-10-8-6-4-2;/h2*3-36H2,1-2H3,(H,37,38);/q;;+2/p-2. The third-order valence-corrected chi connectivity index (χ3v) is 19.0. The van der Waals surface area contributed by atoms with Crippen LogP contribution in [0, 0.1) is 0 Å². The summed E-state index contributed by atoms with van der Waals surface area (Å²) in [5, 5.41) is 0. The van der Waals surface area contributed by atoms with Crippen LogP contribution in [0.25, 0.3) is 0 Å². The first-order chi connectivity index (χ1) is 40.2. The summed E-state index contributed by atoms with van der Waals surface area (Å²) in [7, 11) is -8.24. The van der Waals surface area contributed by atoms with Crippen LogP contribution in [-0.2, 0) is 27.2 Å². The molecule has 496 valence electrons. The van der Waals surface area contributed by atoms with Gasteiger partial charge in [0.05, 0.1) is 26.4 Å². The predicted molar refractivity (Wildman–Crippen MR) is 363 cm³/mol. The first kappa shape index (κ1) is 88.7. The molecule has 0 spiro atoms. The molecule has 0 fully saturated rings. The van der Waals surface area contributed by atoms with Crippen molar-refractivity contribution in [3.05, 3.63) is 0 Å². The molecule has 0 aliphatic heterocycles. The molecule has 0 aromatic carbocycles. The van der Waals surface area contributed by atoms with E-state index in [-0.39, 0.29) is 64.2 Å². The summed E-state index contributed by atoms with van der Waals surface area (Å²) in [4.78, 5) is 23.9. The Morgan fingerprint density at radius 1 is 0.181 bits per heavy atom. The molecule has 0 atom stereocenters. The summed E-state index contributed by atoms with van der Waals surface area (Å²) in [6.07, 6.45) is 83.7. The first-order valence-electron chi connectivity index (χ1n) is 37.4. The summed E-state index contributed by atoms with van der Waals surface area (Å²) in [5.41, 5.74) is 0. The largest absolute Gasteiger partial charge is 2.00 e. The van der Waals surface area contributed by atoms with Gasteiger partial charge in [-0.25, -0.2) is 0 Å². The summed E-state index contributed by atoms with van der Waals surface area (Å²) >= 11 is 0. The number of unbranched alkanes of at least 4 members (excludes halogenated alkanes) is 60. The SMILES string of the molecule is CCCCCCCCCCCCCCCCCCOP(=O)([O-])OCCCCCCCCCCCCCCCCCC.CCCCCCCCCCCCCCCCCCOP(=O)([O-])OCCCCCCCCCCCCCCCCCC.[Ca+2]. The molecule has 0 aliphatic rings. The Hall–Kier alpha value is 1.48. The third-order valence-electron chi connectivity index (χ3n) is 17.0. The Morgan fingerprint density at radius 2 is 0.265 bits per heavy atom. The quantitative estimate of drug-likeness (QED) is 0.0336. The van der Waals surface area contributed by atoms with Crippen molar-refractivity contribution in [3.8, 4) is 0 Å². The van der Waals surface area contributed by atoms with E-state index in [0.717, 1.165) is 51.4 Å². The molecular formula is C72H148CaO8P2. The van der Waals surface area contributed by atoms with Crippen LogP contribution in [0.15, 0.2) is 0 Å². The summed E-state index contributed by atoms with van der Waals surface area (Å²) in [5.74, 6) is 0. The van der Waals surface area contributed by atoms with Crippen LogP contribution in [0.3, 0.4) is 0 Å². The summed E-state index contributed by atoms with van der Waals surface area (Å²) < 4.78 is 44.1. The molecule has 0 unspecified atom stereocenters. The van der Waals surface area contributed by atoms with E-state index < -0.39 is 15.6 Å². The zero-order valence-corrected chi connectivity index (χ0v) is 60.9. The molecule has 8 nitrogen and oxygen atoms in total. The van der Waals surface area contributed by atoms with Gasteiger partial charge in [0.15, 0.2) is 0 Å². The molecule has 0 saturated carbocycles. The van der Waals surface area contributed by atoms with Gasteiger partial charge in [0.1, 0.15) is 0 Å². The van der Waals surface area contributed by atoms with E-state index in [9.17, 15) is 18.9 Å². The van der Waals surface area contributed by atoms with Crippen molar-refractivity contribution in [2.45, 2.75) is 439 Å². The normalized spacial score (nSPS) is 11.8. The maximum atomic E-state index is 11.9. The zero-order chi connectivity index (χ0) is 59.9. The minimum Gasteiger partial charge on any atom is -0.756 e. The Kier molecular flexibility index (Phi) is 83.0. The molecule has 0 bridgehead atoms. The van der Waals surface area contributed by atoms with Gasteiger partial charge in [0.2, 0.25) is 0 Å². The van der Waals surface area contributed by atoms with E-state index in [1.54, 1.807) is 0 Å². The molecule has 11 heteroatoms. The van der Waals surface area contributed by atoms with E-state index in [1.165, 1.54) is 360 Å². The fourth-order valence-corrected chi connectivity index (χ4v) is 12.9. The van der Waals surface area contributed by atoms with E-state index in [4.69, 9.17) is 18.1 Å². The molecule has 0 rings (SSSR count). The minimum atomic E-state index is -4.12. The first-order valence-corrected chi connectivity index (χ1v) is 40.4. The van der Waals surface area contributed by atoms with Crippen molar-refractivity contribution < 1.29 is 37.0 Å². The van der Waals surface area contributed by atoms with Crippen molar-refractivity contribution in [1.29, 1.82) is 0 Å². The van der Waals surface area contributed by atoms with Gasteiger partial charge in [-0.3, -0.25) is 9.13 Å². The maximum Gasteiger partial charge on any atom is 2.00 e. The summed E-state index contributed by atoms with van der Waals surface area (Å²) in [6, 6.07) is 0. The zero-order valence-electron chi connectivity index (χ0n) is 57.0. The van der Waals surface area contributed by atoms with E-state index in [0.29, 0.717) is 0 Å². The maximum absolute atomic E-state index is 11.9. The van der Waals surface area contributed by atoms with Crippen LogP contribution in [0.2, 0.25) is 0 Å². The second kappa shape index (κ2) is 77.7. The van der Waals surface area contributed by atoms with Gasteiger partial charge in [0, 0.05) is 0 Å². The number of phosphoric acid groups is 2. The molecule has 0 aromatic rings. The molecule has 0 aromatic heterocycles. The van der Waals surface area contributed by atoms with Crippen molar-refractivity contribution in [1.82, 2.24) is 0 Å². The van der Waals surface area contributed by atoms with Gasteiger partial charge in [-0.2, -0.15) is 0 Å². The van der Waals surface area contributed by atoms with Gasteiger partial charge in [-0.05, 0) is 25.7 Å². The third kappa shape index (κ3) is 83.5. The average molecular weight is 1240 g/mol. The van der Waals surface area contributed by atoms with Crippen LogP contribution >= 0.6 is 15.6 Å². The number of hydrogen-bond donors (Lipinski definition) is 0. The second-order valence-electron chi connectivity index (χ2n) is 25.4. The fraction of sp³-hybridized carbons (Fsp3) is 1.00. The molecule has 83 heavy (non-hydrogen) atoms. The van der Waals surface area contributed by atoms with Gasteiger partial charge >= 0.3 is 37.7 Å². The monoisotopic (exact) mass is 1240 g/mol. The van der Waals surface area contributed by atoms with Crippen LogP contribution in [0.5, 0.6) is 0 Å². The second-order valence-corrected chi connectivity index (χ2v) is 28.3. The summed E-state index contributed by atoms with van der Waals surface area (Å²) in [6.45, 7) is 10.2. The Balaban J connectivity index is -0.00000152. The molecule has 0 heterocycles. The van der Waals surface area contributed by atoms with Crippen LogP contribution < -0.4 is 9.79 Å². The number of rotatable bonds is 72. The van der Waals surface area contributed by atoms with Crippen LogP contribution in [0.4, 0.5) is 0 Å². The molecule has 0 aliphatic carbocycles. The molecular weight excluding hydrogens is 1090 g/mol. The van der Waals surface area contributed by atoms with Gasteiger partial charge < -0.3 is 27.9 Å². The number of phosphoric ester groups is 2.